The maximum Gasteiger partial charge on any atom is 0.240 e. The molecule has 0 spiro atoms. The Bertz CT molecular complexity index is 788. The van der Waals surface area contributed by atoms with E-state index in [4.69, 9.17) is 4.74 Å². The van der Waals surface area contributed by atoms with E-state index >= 15 is 0 Å². The molecule has 0 radical (unpaired) electrons. The van der Waals surface area contributed by atoms with Gasteiger partial charge < -0.3 is 14.7 Å². The van der Waals surface area contributed by atoms with Gasteiger partial charge in [0, 0.05) is 6.54 Å². The topological polar surface area (TPSA) is 80.1 Å². The highest BCUT2D eigenvalue weighted by atomic mass is 32.2. The van der Waals surface area contributed by atoms with E-state index in [1.54, 1.807) is 18.2 Å². The predicted molar refractivity (Wildman–Crippen MR) is 91.5 cm³/mol. The van der Waals surface area contributed by atoms with Crippen molar-refractivity contribution < 1.29 is 23.2 Å². The molecule has 0 aromatic heterocycles. The van der Waals surface area contributed by atoms with Gasteiger partial charge in [0.05, 0.1) is 18.1 Å². The minimum atomic E-state index is -3.63. The van der Waals surface area contributed by atoms with Crippen LogP contribution in [-0.4, -0.2) is 59.0 Å². The summed E-state index contributed by atoms with van der Waals surface area (Å²) in [7, 11) is -3.63. The lowest BCUT2D eigenvalue weighted by Gasteiger charge is -2.25. The van der Waals surface area contributed by atoms with Gasteiger partial charge in [-0.3, -0.25) is 0 Å². The summed E-state index contributed by atoms with van der Waals surface area (Å²) in [5.41, 5.74) is 0. The van der Waals surface area contributed by atoms with E-state index in [0.717, 1.165) is 23.9 Å². The van der Waals surface area contributed by atoms with Crippen LogP contribution in [0.4, 0.5) is 0 Å². The molecule has 2 aromatic carbocycles. The number of sulfonamides is 1. The van der Waals surface area contributed by atoms with Crippen molar-refractivity contribution in [3.8, 4) is 0 Å². The predicted octanol–water partition coefficient (Wildman–Crippen LogP) is -0.606. The number of ether oxygens (including phenoxy) is 1. The van der Waals surface area contributed by atoms with Gasteiger partial charge >= 0.3 is 0 Å². The number of rotatable bonds is 6. The lowest BCUT2D eigenvalue weighted by atomic mass is 10.1. The van der Waals surface area contributed by atoms with Crippen LogP contribution in [0.25, 0.3) is 10.8 Å². The molecule has 0 saturated carbocycles. The standard InChI is InChI=1S/C17H22N2O4S/c20-16(13-19-7-9-23-10-8-19)12-18-24(21,22)17-6-5-14-3-1-2-4-15(14)11-17/h1-6,11,16,18,20H,7-10,12-13H2/p+1/t16-/m0/s1. The summed E-state index contributed by atoms with van der Waals surface area (Å²) >= 11 is 0. The first-order chi connectivity index (χ1) is 11.5. The average molecular weight is 351 g/mol. The van der Waals surface area contributed by atoms with Gasteiger partial charge in [0.2, 0.25) is 10.0 Å². The van der Waals surface area contributed by atoms with E-state index in [2.05, 4.69) is 4.72 Å². The normalized spacial score (nSPS) is 17.9. The lowest BCUT2D eigenvalue weighted by Crippen LogP contribution is -3.15. The van der Waals surface area contributed by atoms with Crippen molar-refractivity contribution in [2.24, 2.45) is 0 Å². The van der Waals surface area contributed by atoms with Gasteiger partial charge in [-0.15, -0.1) is 0 Å². The van der Waals surface area contributed by atoms with Gasteiger partial charge in [0.25, 0.3) is 0 Å². The Labute approximate surface area is 142 Å². The second-order valence-electron chi connectivity index (χ2n) is 6.08. The molecule has 24 heavy (non-hydrogen) atoms. The second-order valence-corrected chi connectivity index (χ2v) is 7.85. The second kappa shape index (κ2) is 7.58. The third-order valence-corrected chi connectivity index (χ3v) is 5.69. The van der Waals surface area contributed by atoms with Crippen molar-refractivity contribution >= 4 is 20.8 Å². The maximum absolute atomic E-state index is 12.4. The molecular weight excluding hydrogens is 328 g/mol. The molecule has 3 rings (SSSR count). The van der Waals surface area contributed by atoms with E-state index in [1.807, 2.05) is 24.3 Å². The Morgan fingerprint density at radius 3 is 2.58 bits per heavy atom. The molecule has 1 heterocycles. The minimum Gasteiger partial charge on any atom is -0.386 e. The van der Waals surface area contributed by atoms with Gasteiger partial charge in [0.15, 0.2) is 0 Å². The number of hydrogen-bond donors (Lipinski definition) is 3. The van der Waals surface area contributed by atoms with E-state index < -0.39 is 16.1 Å². The minimum absolute atomic E-state index is 0.0134. The number of aliphatic hydroxyl groups is 1. The highest BCUT2D eigenvalue weighted by Crippen LogP contribution is 2.18. The first kappa shape index (κ1) is 17.3. The van der Waals surface area contributed by atoms with Gasteiger partial charge in [-0.25, -0.2) is 13.1 Å². The van der Waals surface area contributed by atoms with Crippen LogP contribution in [-0.2, 0) is 14.8 Å². The van der Waals surface area contributed by atoms with Crippen LogP contribution in [0.5, 0.6) is 0 Å². The lowest BCUT2D eigenvalue weighted by molar-refractivity contribution is -0.910. The van der Waals surface area contributed by atoms with E-state index in [1.165, 1.54) is 4.90 Å². The van der Waals surface area contributed by atoms with Gasteiger partial charge in [-0.1, -0.05) is 30.3 Å². The van der Waals surface area contributed by atoms with Crippen LogP contribution in [0.15, 0.2) is 47.4 Å². The van der Waals surface area contributed by atoms with Crippen molar-refractivity contribution in [2.75, 3.05) is 39.4 Å². The van der Waals surface area contributed by atoms with Crippen LogP contribution >= 0.6 is 0 Å². The molecule has 2 aromatic rings. The molecule has 6 nitrogen and oxygen atoms in total. The Morgan fingerprint density at radius 2 is 1.83 bits per heavy atom. The van der Waals surface area contributed by atoms with Crippen molar-refractivity contribution in [3.05, 3.63) is 42.5 Å². The monoisotopic (exact) mass is 351 g/mol. The summed E-state index contributed by atoms with van der Waals surface area (Å²) in [6, 6.07) is 12.6. The van der Waals surface area contributed by atoms with Gasteiger partial charge in [-0.2, -0.15) is 0 Å². The molecule has 0 bridgehead atoms. The average Bonchev–Trinajstić information content (AvgIpc) is 2.60. The molecule has 3 N–H and O–H groups in total. The van der Waals surface area contributed by atoms with Crippen molar-refractivity contribution in [1.82, 2.24) is 4.72 Å². The summed E-state index contributed by atoms with van der Waals surface area (Å²) in [5.74, 6) is 0. The van der Waals surface area contributed by atoms with Crippen LogP contribution < -0.4 is 9.62 Å². The van der Waals surface area contributed by atoms with Gasteiger partial charge in [0.1, 0.15) is 25.7 Å². The first-order valence-corrected chi connectivity index (χ1v) is 9.61. The van der Waals surface area contributed by atoms with E-state index in [9.17, 15) is 13.5 Å². The Kier molecular flexibility index (Phi) is 5.47. The van der Waals surface area contributed by atoms with Crippen molar-refractivity contribution in [1.29, 1.82) is 0 Å². The molecule has 0 amide bonds. The van der Waals surface area contributed by atoms with Gasteiger partial charge in [-0.05, 0) is 22.9 Å². The Morgan fingerprint density at radius 1 is 1.12 bits per heavy atom. The van der Waals surface area contributed by atoms with E-state index in [0.29, 0.717) is 19.8 Å². The quantitative estimate of drug-likeness (QED) is 0.649. The summed E-state index contributed by atoms with van der Waals surface area (Å²) in [6.45, 7) is 3.59. The number of morpholine rings is 1. The van der Waals surface area contributed by atoms with Crippen LogP contribution in [0.3, 0.4) is 0 Å². The highest BCUT2D eigenvalue weighted by molar-refractivity contribution is 7.89. The molecule has 7 heteroatoms. The molecule has 1 aliphatic heterocycles. The Hall–Kier alpha value is -1.51. The number of aliphatic hydroxyl groups excluding tert-OH is 1. The largest absolute Gasteiger partial charge is 0.386 e. The molecule has 130 valence electrons. The number of quaternary nitrogens is 1. The number of benzene rings is 2. The maximum atomic E-state index is 12.4. The molecule has 1 aliphatic rings. The summed E-state index contributed by atoms with van der Waals surface area (Å²) in [4.78, 5) is 1.45. The van der Waals surface area contributed by atoms with Crippen LogP contribution in [0.1, 0.15) is 0 Å². The molecule has 1 saturated heterocycles. The molecule has 0 aliphatic carbocycles. The fraction of sp³-hybridized carbons (Fsp3) is 0.412. The third kappa shape index (κ3) is 4.31. The number of nitrogens with one attached hydrogen (secondary N) is 2. The fourth-order valence-electron chi connectivity index (χ4n) is 2.89. The zero-order valence-corrected chi connectivity index (χ0v) is 14.3. The molecular formula is C17H23N2O4S+. The fourth-order valence-corrected chi connectivity index (χ4v) is 4.00. The molecule has 1 fully saturated rings. The number of hydrogen-bond acceptors (Lipinski definition) is 4. The van der Waals surface area contributed by atoms with Crippen LogP contribution in [0, 0.1) is 0 Å². The zero-order valence-electron chi connectivity index (χ0n) is 13.4. The van der Waals surface area contributed by atoms with Crippen LogP contribution in [0.2, 0.25) is 0 Å². The molecule has 0 unspecified atom stereocenters. The SMILES string of the molecule is O=S(=O)(NC[C@H](O)C[NH+]1CCOCC1)c1ccc2ccccc2c1. The zero-order chi connectivity index (χ0) is 17.0. The summed E-state index contributed by atoms with van der Waals surface area (Å²) < 4.78 is 32.6. The molecule has 1 atom stereocenters. The third-order valence-electron chi connectivity index (χ3n) is 4.26. The first-order valence-electron chi connectivity index (χ1n) is 8.12. The van der Waals surface area contributed by atoms with Crippen molar-refractivity contribution in [2.45, 2.75) is 11.0 Å². The van der Waals surface area contributed by atoms with Crippen molar-refractivity contribution in [3.63, 3.8) is 0 Å². The summed E-state index contributed by atoms with van der Waals surface area (Å²) in [6.07, 6.45) is -0.715. The number of fused-ring (bicyclic) bond motifs is 1. The Balaban J connectivity index is 1.61. The highest BCUT2D eigenvalue weighted by Gasteiger charge is 2.21. The van der Waals surface area contributed by atoms with E-state index in [-0.39, 0.29) is 11.4 Å². The summed E-state index contributed by atoms with van der Waals surface area (Å²) in [5, 5.41) is 12.0. The smallest absolute Gasteiger partial charge is 0.240 e.